The lowest BCUT2D eigenvalue weighted by molar-refractivity contribution is -0.00708. The summed E-state index contributed by atoms with van der Waals surface area (Å²) in [5, 5.41) is 1.90. The summed E-state index contributed by atoms with van der Waals surface area (Å²) in [7, 11) is 0. The van der Waals surface area contributed by atoms with Crippen LogP contribution in [0.25, 0.3) is 10.9 Å². The van der Waals surface area contributed by atoms with Crippen LogP contribution in [-0.2, 0) is 5.41 Å². The molecule has 0 aliphatic heterocycles. The fourth-order valence-electron chi connectivity index (χ4n) is 5.85. The average molecular weight is 377 g/mol. The van der Waals surface area contributed by atoms with Gasteiger partial charge in [-0.25, -0.2) is 0 Å². The lowest BCUT2D eigenvalue weighted by atomic mass is 9.49. The summed E-state index contributed by atoms with van der Waals surface area (Å²) in [5.74, 6) is 2.85. The van der Waals surface area contributed by atoms with E-state index in [1.54, 1.807) is 0 Å². The third-order valence-electron chi connectivity index (χ3n) is 6.30. The molecule has 0 radical (unpaired) electrons. The minimum atomic E-state index is 0.352. The van der Waals surface area contributed by atoms with Gasteiger partial charge in [0.05, 0.1) is 5.52 Å². The van der Waals surface area contributed by atoms with Crippen molar-refractivity contribution in [1.82, 2.24) is 4.98 Å². The molecule has 0 N–H and O–H groups in total. The Morgan fingerprint density at radius 1 is 1.00 bits per heavy atom. The molecule has 4 bridgehead atoms. The highest BCUT2D eigenvalue weighted by atomic mass is 79.9. The Hall–Kier alpha value is -0.600. The molecule has 0 saturated heterocycles. The maximum Gasteiger partial charge on any atom is 0.0717 e. The van der Waals surface area contributed by atoms with Crippen LogP contribution in [0.3, 0.4) is 0 Å². The minimum Gasteiger partial charge on any atom is -0.252 e. The smallest absolute Gasteiger partial charge is 0.0717 e. The molecule has 6 rings (SSSR count). The first-order valence-electron chi connectivity index (χ1n) is 8.38. The standard InChI is InChI=1S/C19H19BrClN/c20-16-7-18(22-17-2-1-14(21)6-15(16)17)19-8-11-3-12(9-19)5-13(4-11)10-19/h1-2,6-7,11-13H,3-5,8-10H2. The van der Waals surface area contributed by atoms with Gasteiger partial charge in [-0.3, -0.25) is 4.98 Å². The second-order valence-electron chi connectivity index (χ2n) is 7.85. The van der Waals surface area contributed by atoms with Crippen molar-refractivity contribution in [3.63, 3.8) is 0 Å². The van der Waals surface area contributed by atoms with Crippen LogP contribution in [0, 0.1) is 17.8 Å². The molecule has 1 aromatic heterocycles. The van der Waals surface area contributed by atoms with Crippen molar-refractivity contribution in [2.24, 2.45) is 17.8 Å². The summed E-state index contributed by atoms with van der Waals surface area (Å²) in [4.78, 5) is 5.08. The molecular formula is C19H19BrClN. The number of hydrogen-bond acceptors (Lipinski definition) is 1. The van der Waals surface area contributed by atoms with E-state index in [1.807, 2.05) is 12.1 Å². The number of aromatic nitrogens is 1. The molecule has 3 heteroatoms. The van der Waals surface area contributed by atoms with E-state index in [0.717, 1.165) is 38.2 Å². The van der Waals surface area contributed by atoms with E-state index < -0.39 is 0 Å². The first-order valence-corrected chi connectivity index (χ1v) is 9.55. The fraction of sp³-hybridized carbons (Fsp3) is 0.526. The summed E-state index contributed by atoms with van der Waals surface area (Å²) >= 11 is 9.90. The third kappa shape index (κ3) is 1.99. The Bertz CT molecular complexity index is 734. The summed E-state index contributed by atoms with van der Waals surface area (Å²) < 4.78 is 1.14. The van der Waals surface area contributed by atoms with Gasteiger partial charge in [0.2, 0.25) is 0 Å². The second kappa shape index (κ2) is 4.70. The van der Waals surface area contributed by atoms with Crippen LogP contribution in [0.15, 0.2) is 28.7 Å². The van der Waals surface area contributed by atoms with Gasteiger partial charge in [-0.1, -0.05) is 27.5 Å². The Morgan fingerprint density at radius 2 is 1.64 bits per heavy atom. The predicted octanol–water partition coefficient (Wildman–Crippen LogP) is 6.12. The molecule has 0 spiro atoms. The highest BCUT2D eigenvalue weighted by molar-refractivity contribution is 9.10. The van der Waals surface area contributed by atoms with E-state index in [0.29, 0.717) is 5.41 Å². The second-order valence-corrected chi connectivity index (χ2v) is 9.14. The summed E-state index contributed by atoms with van der Waals surface area (Å²) in [6.45, 7) is 0. The van der Waals surface area contributed by atoms with E-state index in [1.165, 1.54) is 44.2 Å². The van der Waals surface area contributed by atoms with Gasteiger partial charge >= 0.3 is 0 Å². The van der Waals surface area contributed by atoms with E-state index in [2.05, 4.69) is 28.1 Å². The topological polar surface area (TPSA) is 12.9 Å². The monoisotopic (exact) mass is 375 g/mol. The van der Waals surface area contributed by atoms with Gasteiger partial charge < -0.3 is 0 Å². The largest absolute Gasteiger partial charge is 0.252 e. The molecule has 1 aromatic carbocycles. The van der Waals surface area contributed by atoms with Gasteiger partial charge in [-0.15, -0.1) is 0 Å². The number of halogens is 2. The van der Waals surface area contributed by atoms with Crippen molar-refractivity contribution in [2.75, 3.05) is 0 Å². The van der Waals surface area contributed by atoms with Crippen LogP contribution < -0.4 is 0 Å². The van der Waals surface area contributed by atoms with E-state index in [9.17, 15) is 0 Å². The van der Waals surface area contributed by atoms with Crippen LogP contribution in [0.2, 0.25) is 5.02 Å². The van der Waals surface area contributed by atoms with Crippen LogP contribution in [0.1, 0.15) is 44.2 Å². The maximum absolute atomic E-state index is 6.14. The fourth-order valence-corrected chi connectivity index (χ4v) is 6.56. The number of hydrogen-bond donors (Lipinski definition) is 0. The minimum absolute atomic E-state index is 0.352. The van der Waals surface area contributed by atoms with Gasteiger partial charge in [0, 0.05) is 26.0 Å². The van der Waals surface area contributed by atoms with Crippen molar-refractivity contribution in [3.05, 3.63) is 39.5 Å². The predicted molar refractivity (Wildman–Crippen MR) is 94.3 cm³/mol. The molecule has 1 heterocycles. The summed E-state index contributed by atoms with van der Waals surface area (Å²) in [6, 6.07) is 8.31. The van der Waals surface area contributed by atoms with Crippen LogP contribution in [0.4, 0.5) is 0 Å². The lowest BCUT2D eigenvalue weighted by Gasteiger charge is -2.56. The molecule has 4 fully saturated rings. The number of pyridine rings is 1. The van der Waals surface area contributed by atoms with Crippen molar-refractivity contribution in [1.29, 1.82) is 0 Å². The van der Waals surface area contributed by atoms with Gasteiger partial charge in [0.1, 0.15) is 0 Å². The van der Waals surface area contributed by atoms with Crippen LogP contribution in [0.5, 0.6) is 0 Å². The zero-order chi connectivity index (χ0) is 14.9. The normalized spacial score (nSPS) is 36.2. The van der Waals surface area contributed by atoms with E-state index in [4.69, 9.17) is 16.6 Å². The average Bonchev–Trinajstić information content (AvgIpc) is 2.46. The highest BCUT2D eigenvalue weighted by Crippen LogP contribution is 2.60. The number of fused-ring (bicyclic) bond motifs is 1. The molecule has 114 valence electrons. The van der Waals surface area contributed by atoms with Gasteiger partial charge in [0.15, 0.2) is 0 Å². The molecule has 4 aliphatic carbocycles. The molecular weight excluding hydrogens is 358 g/mol. The SMILES string of the molecule is Clc1ccc2nc(C34CC5CC(CC(C5)C3)C4)cc(Br)c2c1. The number of benzene rings is 1. The Labute approximate surface area is 144 Å². The Balaban J connectivity index is 1.66. The zero-order valence-corrected chi connectivity index (χ0v) is 14.8. The molecule has 4 saturated carbocycles. The molecule has 0 amide bonds. The Morgan fingerprint density at radius 3 is 2.27 bits per heavy atom. The zero-order valence-electron chi connectivity index (χ0n) is 12.5. The first-order chi connectivity index (χ1) is 10.6. The number of nitrogens with zero attached hydrogens (tertiary/aromatic N) is 1. The highest BCUT2D eigenvalue weighted by Gasteiger charge is 2.52. The van der Waals surface area contributed by atoms with Crippen molar-refractivity contribution in [3.8, 4) is 0 Å². The quantitative estimate of drug-likeness (QED) is 0.584. The van der Waals surface area contributed by atoms with Gasteiger partial charge in [-0.2, -0.15) is 0 Å². The third-order valence-corrected chi connectivity index (χ3v) is 7.19. The van der Waals surface area contributed by atoms with Crippen LogP contribution in [-0.4, -0.2) is 4.98 Å². The molecule has 2 aromatic rings. The maximum atomic E-state index is 6.14. The van der Waals surface area contributed by atoms with Gasteiger partial charge in [0.25, 0.3) is 0 Å². The molecule has 4 aliphatic rings. The van der Waals surface area contributed by atoms with Crippen molar-refractivity contribution in [2.45, 2.75) is 43.9 Å². The molecule has 1 nitrogen and oxygen atoms in total. The van der Waals surface area contributed by atoms with Crippen molar-refractivity contribution >= 4 is 38.4 Å². The van der Waals surface area contributed by atoms with Crippen molar-refractivity contribution < 1.29 is 0 Å². The molecule has 22 heavy (non-hydrogen) atoms. The summed E-state index contributed by atoms with van der Waals surface area (Å²) in [5.41, 5.74) is 2.75. The van der Waals surface area contributed by atoms with Gasteiger partial charge in [-0.05, 0) is 80.5 Å². The number of rotatable bonds is 1. The Kier molecular flexibility index (Phi) is 2.95. The van der Waals surface area contributed by atoms with E-state index in [-0.39, 0.29) is 0 Å². The first kappa shape index (κ1) is 13.8. The lowest BCUT2D eigenvalue weighted by Crippen LogP contribution is -2.48. The molecule has 0 unspecified atom stereocenters. The summed E-state index contributed by atoms with van der Waals surface area (Å²) in [6.07, 6.45) is 8.50. The van der Waals surface area contributed by atoms with Crippen LogP contribution >= 0.6 is 27.5 Å². The molecule has 0 atom stereocenters. The van der Waals surface area contributed by atoms with E-state index >= 15 is 0 Å².